The lowest BCUT2D eigenvalue weighted by Crippen LogP contribution is -2.11. The van der Waals surface area contributed by atoms with Gasteiger partial charge in [0.05, 0.1) is 5.22 Å². The van der Waals surface area contributed by atoms with Crippen LogP contribution in [0.2, 0.25) is 0 Å². The van der Waals surface area contributed by atoms with Gasteiger partial charge in [-0.1, -0.05) is 18.2 Å². The molecular weight excluding hydrogens is 154 g/mol. The van der Waals surface area contributed by atoms with Gasteiger partial charge in [-0.2, -0.15) is 4.86 Å². The van der Waals surface area contributed by atoms with Crippen LogP contribution in [0.4, 0.5) is 5.69 Å². The van der Waals surface area contributed by atoms with Crippen molar-refractivity contribution in [2.75, 3.05) is 19.1 Å². The van der Waals surface area contributed by atoms with Crippen molar-refractivity contribution < 1.29 is 4.86 Å². The third kappa shape index (κ3) is 2.23. The van der Waals surface area contributed by atoms with Gasteiger partial charge < -0.3 is 5.21 Å². The summed E-state index contributed by atoms with van der Waals surface area (Å²) in [6.07, 6.45) is 0. The van der Waals surface area contributed by atoms with Crippen LogP contribution in [0, 0.1) is 5.21 Å². The molecule has 0 amide bonds. The van der Waals surface area contributed by atoms with Crippen molar-refractivity contribution in [1.82, 2.24) is 0 Å². The molecule has 0 radical (unpaired) electrons. The highest BCUT2D eigenvalue weighted by Gasteiger charge is 2.02. The second-order valence-electron chi connectivity index (χ2n) is 2.41. The van der Waals surface area contributed by atoms with E-state index in [0.29, 0.717) is 4.86 Å². The van der Waals surface area contributed by atoms with E-state index in [4.69, 9.17) is 0 Å². The van der Waals surface area contributed by atoms with Crippen LogP contribution in [-0.4, -0.2) is 19.0 Å². The average Bonchev–Trinajstić information content (AvgIpc) is 2.05. The monoisotopic (exact) mass is 165 g/mol. The molecule has 0 aliphatic carbocycles. The quantitative estimate of drug-likeness (QED) is 0.379. The number of nitrogens with zero attached hydrogens (tertiary/aromatic N) is 3. The average molecular weight is 165 g/mol. The van der Waals surface area contributed by atoms with E-state index in [1.807, 2.05) is 30.3 Å². The maximum absolute atomic E-state index is 10.5. The molecule has 64 valence electrons. The van der Waals surface area contributed by atoms with Crippen LogP contribution < -0.4 is 5.01 Å². The van der Waals surface area contributed by atoms with Crippen LogP contribution in [0.3, 0.4) is 0 Å². The highest BCUT2D eigenvalue weighted by atomic mass is 16.5. The molecule has 4 heteroatoms. The maximum atomic E-state index is 10.5. The molecule has 0 saturated heterocycles. The largest absolute Gasteiger partial charge is 0.696 e. The molecule has 0 spiro atoms. The summed E-state index contributed by atoms with van der Waals surface area (Å²) in [6.45, 7) is 0. The van der Waals surface area contributed by atoms with Crippen molar-refractivity contribution in [3.05, 3.63) is 35.5 Å². The van der Waals surface area contributed by atoms with Crippen LogP contribution in [0.1, 0.15) is 0 Å². The van der Waals surface area contributed by atoms with Gasteiger partial charge in [0.1, 0.15) is 19.8 Å². The summed E-state index contributed by atoms with van der Waals surface area (Å²) < 4.78 is 0. The minimum absolute atomic E-state index is 0.521. The number of para-hydroxylation sites is 1. The molecule has 0 unspecified atom stereocenters. The van der Waals surface area contributed by atoms with Crippen molar-refractivity contribution in [3.8, 4) is 0 Å². The highest BCUT2D eigenvalue weighted by molar-refractivity contribution is 5.43. The zero-order valence-electron chi connectivity index (χ0n) is 7.14. The van der Waals surface area contributed by atoms with E-state index >= 15 is 0 Å². The van der Waals surface area contributed by atoms with Gasteiger partial charge in [0.2, 0.25) is 0 Å². The Labute approximate surface area is 71.3 Å². The van der Waals surface area contributed by atoms with Crippen molar-refractivity contribution in [2.45, 2.75) is 0 Å². The van der Waals surface area contributed by atoms with Crippen LogP contribution >= 0.6 is 0 Å². The van der Waals surface area contributed by atoms with Crippen LogP contribution in [0.15, 0.2) is 35.6 Å². The Morgan fingerprint density at radius 3 is 2.42 bits per heavy atom. The Bertz CT molecular complexity index is 267. The SMILES string of the molecule is CN(N=[N+](C)[O-])c1ccccc1. The molecule has 0 aromatic heterocycles. The second-order valence-corrected chi connectivity index (χ2v) is 2.41. The van der Waals surface area contributed by atoms with Crippen LogP contribution in [0.25, 0.3) is 0 Å². The van der Waals surface area contributed by atoms with Gasteiger partial charge in [-0.15, -0.1) is 5.01 Å². The van der Waals surface area contributed by atoms with Gasteiger partial charge in [0.25, 0.3) is 0 Å². The van der Waals surface area contributed by atoms with E-state index in [9.17, 15) is 5.21 Å². The molecule has 0 fully saturated rings. The second kappa shape index (κ2) is 3.71. The first-order chi connectivity index (χ1) is 5.70. The molecule has 4 nitrogen and oxygen atoms in total. The van der Waals surface area contributed by atoms with Gasteiger partial charge in [-0.25, -0.2) is 0 Å². The first-order valence-electron chi connectivity index (χ1n) is 3.61. The summed E-state index contributed by atoms with van der Waals surface area (Å²) >= 11 is 0. The number of rotatable bonds is 2. The molecule has 0 N–H and O–H groups in total. The molecule has 0 aliphatic rings. The summed E-state index contributed by atoms with van der Waals surface area (Å²) in [5, 5.41) is 15.7. The summed E-state index contributed by atoms with van der Waals surface area (Å²) in [6, 6.07) is 9.47. The van der Waals surface area contributed by atoms with Crippen molar-refractivity contribution >= 4 is 5.69 Å². The molecule has 1 aromatic carbocycles. The minimum Gasteiger partial charge on any atom is -0.696 e. The fourth-order valence-corrected chi connectivity index (χ4v) is 0.884. The zero-order valence-corrected chi connectivity index (χ0v) is 7.14. The smallest absolute Gasteiger partial charge is 0.149 e. The molecular formula is C8H11N3O. The Hall–Kier alpha value is -1.58. The van der Waals surface area contributed by atoms with E-state index in [0.717, 1.165) is 5.69 Å². The van der Waals surface area contributed by atoms with Gasteiger partial charge in [-0.05, 0) is 12.1 Å². The molecule has 0 aliphatic heterocycles. The van der Waals surface area contributed by atoms with E-state index < -0.39 is 0 Å². The van der Waals surface area contributed by atoms with Crippen molar-refractivity contribution in [3.63, 3.8) is 0 Å². The molecule has 0 atom stereocenters. The predicted molar refractivity (Wildman–Crippen MR) is 46.8 cm³/mol. The third-order valence-electron chi connectivity index (χ3n) is 1.39. The van der Waals surface area contributed by atoms with Gasteiger partial charge >= 0.3 is 0 Å². The maximum Gasteiger partial charge on any atom is 0.149 e. The summed E-state index contributed by atoms with van der Waals surface area (Å²) in [5.74, 6) is 0. The third-order valence-corrected chi connectivity index (χ3v) is 1.39. The lowest BCUT2D eigenvalue weighted by molar-refractivity contribution is -0.500. The predicted octanol–water partition coefficient (Wildman–Crippen LogP) is 1.63. The van der Waals surface area contributed by atoms with E-state index in [-0.39, 0.29) is 0 Å². The van der Waals surface area contributed by atoms with Gasteiger partial charge in [0, 0.05) is 0 Å². The highest BCUT2D eigenvalue weighted by Crippen LogP contribution is 2.10. The van der Waals surface area contributed by atoms with Crippen molar-refractivity contribution in [1.29, 1.82) is 0 Å². The normalized spacial score (nSPS) is 11.3. The Morgan fingerprint density at radius 1 is 1.33 bits per heavy atom. The standard InChI is InChI=1S/C8H11N3O/c1-10(9-11(2)12)8-6-4-3-5-7-8/h3-7H,1-2H3. The molecule has 1 aromatic rings. The fourth-order valence-electron chi connectivity index (χ4n) is 0.884. The number of hydrogen-bond acceptors (Lipinski definition) is 2. The van der Waals surface area contributed by atoms with Gasteiger partial charge in [0.15, 0.2) is 0 Å². The molecule has 0 bridgehead atoms. The first kappa shape index (κ1) is 8.52. The minimum atomic E-state index is 0.521. The number of hydrogen-bond donors (Lipinski definition) is 0. The molecule has 0 saturated carbocycles. The summed E-state index contributed by atoms with van der Waals surface area (Å²) in [4.78, 5) is 0.521. The Morgan fingerprint density at radius 2 is 1.92 bits per heavy atom. The van der Waals surface area contributed by atoms with Crippen molar-refractivity contribution in [2.24, 2.45) is 5.22 Å². The summed E-state index contributed by atoms with van der Waals surface area (Å²) in [7, 11) is 3.07. The van der Waals surface area contributed by atoms with Crippen LogP contribution in [-0.2, 0) is 0 Å². The molecule has 0 heterocycles. The van der Waals surface area contributed by atoms with E-state index in [1.54, 1.807) is 7.05 Å². The zero-order chi connectivity index (χ0) is 8.97. The van der Waals surface area contributed by atoms with Gasteiger partial charge in [-0.3, -0.25) is 0 Å². The molecule has 12 heavy (non-hydrogen) atoms. The van der Waals surface area contributed by atoms with Crippen LogP contribution in [0.5, 0.6) is 0 Å². The Kier molecular flexibility index (Phi) is 2.63. The topological polar surface area (TPSA) is 41.7 Å². The first-order valence-corrected chi connectivity index (χ1v) is 3.61. The van der Waals surface area contributed by atoms with E-state index in [1.165, 1.54) is 12.1 Å². The van der Waals surface area contributed by atoms with E-state index in [2.05, 4.69) is 5.22 Å². The number of benzene rings is 1. The Balaban J connectivity index is 2.79. The fraction of sp³-hybridized carbons (Fsp3) is 0.250. The lowest BCUT2D eigenvalue weighted by atomic mass is 10.3. The summed E-state index contributed by atoms with van der Waals surface area (Å²) in [5.41, 5.74) is 0.889. The number of anilines is 1. The number of hydroxylamine groups is 1. The lowest BCUT2D eigenvalue weighted by Gasteiger charge is -2.05. The molecule has 1 rings (SSSR count).